The van der Waals surface area contributed by atoms with E-state index in [2.05, 4.69) is 15.6 Å². The Kier molecular flexibility index (Phi) is 13.3. The van der Waals surface area contributed by atoms with E-state index in [-0.39, 0.29) is 25.3 Å². The van der Waals surface area contributed by atoms with Crippen molar-refractivity contribution in [2.75, 3.05) is 6.54 Å². The second-order valence-corrected chi connectivity index (χ2v) is 7.43. The SMILES string of the molecule is CC(O)C(N)C(=O)NC(CCCN=C(N)N)C(=O)NC(CC(=O)O)C(=O)NC(CC(=O)O)C(=O)O. The quantitative estimate of drug-likeness (QED) is 0.0535. The van der Waals surface area contributed by atoms with Gasteiger partial charge in [0.2, 0.25) is 17.7 Å². The van der Waals surface area contributed by atoms with Gasteiger partial charge >= 0.3 is 17.9 Å². The van der Waals surface area contributed by atoms with Gasteiger partial charge in [-0.3, -0.25) is 29.0 Å². The average Bonchev–Trinajstić information content (AvgIpc) is 2.72. The number of guanidine groups is 1. The molecule has 0 aromatic carbocycles. The molecule has 0 aromatic rings. The highest BCUT2D eigenvalue weighted by Gasteiger charge is 2.32. The molecule has 0 radical (unpaired) electrons. The standard InChI is InChI=1S/C18H31N7O10/c1-7(26)13(19)16(33)23-8(3-2-4-22-18(20)21)14(31)24-9(5-11(27)28)15(32)25-10(17(34)35)6-12(29)30/h7-10,13,26H,2-6,19H2,1H3,(H,23,33)(H,24,31)(H,25,32)(H,27,28)(H,29,30)(H,34,35)(H4,20,21,22). The molecule has 3 amide bonds. The Morgan fingerprint density at radius 3 is 1.71 bits per heavy atom. The molecule has 0 aliphatic heterocycles. The van der Waals surface area contributed by atoms with Gasteiger partial charge in [0.25, 0.3) is 0 Å². The minimum absolute atomic E-state index is 0.0545. The predicted octanol–water partition coefficient (Wildman–Crippen LogP) is -4.76. The second kappa shape index (κ2) is 15.0. The Labute approximate surface area is 199 Å². The van der Waals surface area contributed by atoms with Crippen molar-refractivity contribution in [1.29, 1.82) is 0 Å². The maximum atomic E-state index is 12.8. The molecule has 5 atom stereocenters. The summed E-state index contributed by atoms with van der Waals surface area (Å²) in [7, 11) is 0. The van der Waals surface area contributed by atoms with E-state index in [1.54, 1.807) is 0 Å². The number of aliphatic hydroxyl groups is 1. The van der Waals surface area contributed by atoms with Crippen LogP contribution in [0.2, 0.25) is 0 Å². The summed E-state index contributed by atoms with van der Waals surface area (Å²) < 4.78 is 0. The van der Waals surface area contributed by atoms with Crippen molar-refractivity contribution in [3.63, 3.8) is 0 Å². The number of rotatable bonds is 16. The van der Waals surface area contributed by atoms with Gasteiger partial charge < -0.3 is 53.6 Å². The number of carbonyl (C=O) groups is 6. The van der Waals surface area contributed by atoms with E-state index in [9.17, 15) is 33.9 Å². The molecular formula is C18H31N7O10. The van der Waals surface area contributed by atoms with Crippen molar-refractivity contribution in [2.45, 2.75) is 62.9 Å². The van der Waals surface area contributed by atoms with Crippen LogP contribution in [-0.2, 0) is 28.8 Å². The van der Waals surface area contributed by atoms with Gasteiger partial charge in [-0.1, -0.05) is 0 Å². The monoisotopic (exact) mass is 505 g/mol. The van der Waals surface area contributed by atoms with Crippen molar-refractivity contribution >= 4 is 41.6 Å². The molecule has 17 nitrogen and oxygen atoms in total. The molecule has 0 rings (SSSR count). The molecule has 5 unspecified atom stereocenters. The summed E-state index contributed by atoms with van der Waals surface area (Å²) in [4.78, 5) is 74.4. The number of carboxylic acids is 3. The minimum Gasteiger partial charge on any atom is -0.481 e. The number of nitrogens with zero attached hydrogens (tertiary/aromatic N) is 1. The molecule has 0 aromatic heterocycles. The van der Waals surface area contributed by atoms with Crippen molar-refractivity contribution in [3.05, 3.63) is 0 Å². The second-order valence-electron chi connectivity index (χ2n) is 7.43. The zero-order chi connectivity index (χ0) is 27.3. The topological polar surface area (TPSA) is 310 Å². The number of nitrogens with two attached hydrogens (primary N) is 3. The molecule has 0 saturated carbocycles. The van der Waals surface area contributed by atoms with E-state index in [1.165, 1.54) is 6.92 Å². The Hall–Kier alpha value is -3.99. The summed E-state index contributed by atoms with van der Waals surface area (Å²) in [5, 5.41) is 42.6. The lowest BCUT2D eigenvalue weighted by Crippen LogP contribution is -2.58. The summed E-state index contributed by atoms with van der Waals surface area (Å²) in [6.45, 7) is 1.29. The molecule has 0 heterocycles. The van der Waals surface area contributed by atoms with Crippen LogP contribution in [-0.4, -0.2) is 98.8 Å². The molecule has 0 aliphatic carbocycles. The minimum atomic E-state index is -1.90. The van der Waals surface area contributed by atoms with E-state index in [1.807, 2.05) is 5.32 Å². The highest BCUT2D eigenvalue weighted by molar-refractivity contribution is 5.96. The smallest absolute Gasteiger partial charge is 0.326 e. The Morgan fingerprint density at radius 2 is 1.26 bits per heavy atom. The van der Waals surface area contributed by atoms with Crippen molar-refractivity contribution in [1.82, 2.24) is 16.0 Å². The number of nitrogens with one attached hydrogen (secondary N) is 3. The van der Waals surface area contributed by atoms with Gasteiger partial charge in [-0.2, -0.15) is 0 Å². The summed E-state index contributed by atoms with van der Waals surface area (Å²) >= 11 is 0. The number of hydrogen-bond donors (Lipinski definition) is 10. The molecule has 198 valence electrons. The zero-order valence-electron chi connectivity index (χ0n) is 18.8. The van der Waals surface area contributed by atoms with Crippen LogP contribution in [0.1, 0.15) is 32.6 Å². The first kappa shape index (κ1) is 31.0. The van der Waals surface area contributed by atoms with E-state index in [0.29, 0.717) is 0 Å². The van der Waals surface area contributed by atoms with E-state index >= 15 is 0 Å². The van der Waals surface area contributed by atoms with Crippen molar-refractivity contribution < 1.29 is 49.2 Å². The third-order valence-electron chi connectivity index (χ3n) is 4.41. The molecule has 0 saturated heterocycles. The van der Waals surface area contributed by atoms with Gasteiger partial charge in [0.05, 0.1) is 18.9 Å². The van der Waals surface area contributed by atoms with Crippen LogP contribution in [0.5, 0.6) is 0 Å². The van der Waals surface area contributed by atoms with Crippen molar-refractivity contribution in [3.8, 4) is 0 Å². The van der Waals surface area contributed by atoms with Crippen LogP contribution in [0.4, 0.5) is 0 Å². The Bertz CT molecular complexity index is 828. The fourth-order valence-electron chi connectivity index (χ4n) is 2.56. The molecule has 0 aliphatic rings. The van der Waals surface area contributed by atoms with Gasteiger partial charge in [-0.05, 0) is 19.8 Å². The first-order valence-electron chi connectivity index (χ1n) is 10.2. The van der Waals surface area contributed by atoms with Crippen LogP contribution >= 0.6 is 0 Å². The summed E-state index contributed by atoms with van der Waals surface area (Å²) in [6.07, 6.45) is -3.21. The number of hydrogen-bond acceptors (Lipinski definition) is 9. The first-order valence-corrected chi connectivity index (χ1v) is 10.2. The van der Waals surface area contributed by atoms with Crippen LogP contribution in [0.25, 0.3) is 0 Å². The number of amides is 3. The molecule has 17 heteroatoms. The molecule has 0 bridgehead atoms. The summed E-state index contributed by atoms with van der Waals surface area (Å²) in [5.74, 6) is -8.24. The predicted molar refractivity (Wildman–Crippen MR) is 118 cm³/mol. The van der Waals surface area contributed by atoms with E-state index in [0.717, 1.165) is 0 Å². The van der Waals surface area contributed by atoms with Crippen LogP contribution < -0.4 is 33.2 Å². The van der Waals surface area contributed by atoms with Gasteiger partial charge in [-0.15, -0.1) is 0 Å². The molecular weight excluding hydrogens is 474 g/mol. The van der Waals surface area contributed by atoms with Crippen LogP contribution in [0.15, 0.2) is 4.99 Å². The number of carbonyl (C=O) groups excluding carboxylic acids is 3. The fourth-order valence-corrected chi connectivity index (χ4v) is 2.56. The number of aliphatic carboxylic acids is 3. The van der Waals surface area contributed by atoms with Gasteiger partial charge in [0, 0.05) is 6.54 Å². The highest BCUT2D eigenvalue weighted by Crippen LogP contribution is 2.04. The van der Waals surface area contributed by atoms with Gasteiger partial charge in [0.15, 0.2) is 5.96 Å². The molecule has 13 N–H and O–H groups in total. The van der Waals surface area contributed by atoms with Crippen LogP contribution in [0.3, 0.4) is 0 Å². The largest absolute Gasteiger partial charge is 0.481 e. The lowest BCUT2D eigenvalue weighted by atomic mass is 10.1. The van der Waals surface area contributed by atoms with Crippen LogP contribution in [0, 0.1) is 0 Å². The molecule has 0 fully saturated rings. The van der Waals surface area contributed by atoms with Gasteiger partial charge in [-0.25, -0.2) is 4.79 Å². The molecule has 35 heavy (non-hydrogen) atoms. The first-order chi connectivity index (χ1) is 16.1. The maximum absolute atomic E-state index is 12.8. The number of aliphatic imine (C=N–C) groups is 1. The third-order valence-corrected chi connectivity index (χ3v) is 4.41. The normalized spacial score (nSPS) is 14.8. The lowest BCUT2D eigenvalue weighted by molar-refractivity contribution is -0.148. The summed E-state index contributed by atoms with van der Waals surface area (Å²) in [5.41, 5.74) is 16.0. The van der Waals surface area contributed by atoms with E-state index in [4.69, 9.17) is 32.5 Å². The maximum Gasteiger partial charge on any atom is 0.326 e. The van der Waals surface area contributed by atoms with Gasteiger partial charge in [0.1, 0.15) is 24.2 Å². The number of carboxylic acid groups (broad SMARTS) is 3. The number of aliphatic hydroxyl groups excluding tert-OH is 1. The summed E-state index contributed by atoms with van der Waals surface area (Å²) in [6, 6.07) is -6.50. The van der Waals surface area contributed by atoms with Crippen molar-refractivity contribution in [2.24, 2.45) is 22.2 Å². The zero-order valence-corrected chi connectivity index (χ0v) is 18.8. The Morgan fingerprint density at radius 1 is 0.800 bits per heavy atom. The highest BCUT2D eigenvalue weighted by atomic mass is 16.4. The average molecular weight is 505 g/mol. The Balaban J connectivity index is 5.65. The molecule has 0 spiro atoms. The third kappa shape index (κ3) is 12.7. The fraction of sp³-hybridized carbons (Fsp3) is 0.611. The lowest BCUT2D eigenvalue weighted by Gasteiger charge is -2.24. The van der Waals surface area contributed by atoms with E-state index < -0.39 is 78.7 Å².